The van der Waals surface area contributed by atoms with E-state index >= 15 is 0 Å². The highest BCUT2D eigenvalue weighted by atomic mass is 16.1. The fourth-order valence-electron chi connectivity index (χ4n) is 1.88. The second-order valence-corrected chi connectivity index (χ2v) is 3.96. The Morgan fingerprint density at radius 2 is 1.94 bits per heavy atom. The van der Waals surface area contributed by atoms with Crippen molar-refractivity contribution in [3.05, 3.63) is 48.0 Å². The standard InChI is InChI=1S/C16H15NO/c1-2-3-6-12-17-16(18)15-11-7-9-13-8-4-5-10-14(13)15/h4-5,7-11H,6,12H2,1H3,(H,17,18). The Labute approximate surface area is 107 Å². The van der Waals surface area contributed by atoms with E-state index in [1.54, 1.807) is 6.92 Å². The van der Waals surface area contributed by atoms with Crippen molar-refractivity contribution in [2.45, 2.75) is 13.3 Å². The van der Waals surface area contributed by atoms with Crippen LogP contribution in [0, 0.1) is 11.8 Å². The molecule has 2 aromatic rings. The first-order valence-electron chi connectivity index (χ1n) is 5.98. The Morgan fingerprint density at radius 3 is 2.78 bits per heavy atom. The minimum atomic E-state index is -0.0373. The molecule has 0 aromatic heterocycles. The third kappa shape index (κ3) is 2.70. The maximum absolute atomic E-state index is 12.1. The molecule has 0 heterocycles. The van der Waals surface area contributed by atoms with E-state index in [0.717, 1.165) is 16.3 Å². The van der Waals surface area contributed by atoms with E-state index in [-0.39, 0.29) is 5.91 Å². The summed E-state index contributed by atoms with van der Waals surface area (Å²) in [7, 11) is 0. The first-order valence-corrected chi connectivity index (χ1v) is 5.98. The van der Waals surface area contributed by atoms with Crippen molar-refractivity contribution in [3.63, 3.8) is 0 Å². The van der Waals surface area contributed by atoms with Crippen LogP contribution in [0.25, 0.3) is 10.8 Å². The van der Waals surface area contributed by atoms with Crippen LogP contribution >= 0.6 is 0 Å². The summed E-state index contributed by atoms with van der Waals surface area (Å²) < 4.78 is 0. The second-order valence-electron chi connectivity index (χ2n) is 3.96. The summed E-state index contributed by atoms with van der Waals surface area (Å²) >= 11 is 0. The minimum Gasteiger partial charge on any atom is -0.351 e. The quantitative estimate of drug-likeness (QED) is 0.645. The SMILES string of the molecule is CC#CCCNC(=O)c1cccc2ccccc12. The topological polar surface area (TPSA) is 29.1 Å². The van der Waals surface area contributed by atoms with Gasteiger partial charge in [0.1, 0.15) is 0 Å². The first kappa shape index (κ1) is 12.2. The van der Waals surface area contributed by atoms with Gasteiger partial charge < -0.3 is 5.32 Å². The Kier molecular flexibility index (Phi) is 3.98. The molecule has 0 radical (unpaired) electrons. The van der Waals surface area contributed by atoms with Gasteiger partial charge >= 0.3 is 0 Å². The van der Waals surface area contributed by atoms with Crippen LogP contribution < -0.4 is 5.32 Å². The van der Waals surface area contributed by atoms with Gasteiger partial charge in [-0.25, -0.2) is 0 Å². The van der Waals surface area contributed by atoms with Gasteiger partial charge in [0.05, 0.1) is 0 Å². The van der Waals surface area contributed by atoms with Crippen LogP contribution in [-0.4, -0.2) is 12.5 Å². The summed E-state index contributed by atoms with van der Waals surface area (Å²) in [5.74, 6) is 5.70. The van der Waals surface area contributed by atoms with E-state index < -0.39 is 0 Å². The lowest BCUT2D eigenvalue weighted by molar-refractivity contribution is 0.0956. The molecule has 0 aliphatic heterocycles. The van der Waals surface area contributed by atoms with E-state index in [1.807, 2.05) is 42.5 Å². The van der Waals surface area contributed by atoms with Crippen LogP contribution in [0.3, 0.4) is 0 Å². The Balaban J connectivity index is 2.19. The van der Waals surface area contributed by atoms with E-state index in [2.05, 4.69) is 17.2 Å². The molecular weight excluding hydrogens is 222 g/mol. The molecule has 2 rings (SSSR count). The lowest BCUT2D eigenvalue weighted by Crippen LogP contribution is -2.24. The van der Waals surface area contributed by atoms with Crippen molar-refractivity contribution in [2.24, 2.45) is 0 Å². The fraction of sp³-hybridized carbons (Fsp3) is 0.188. The zero-order chi connectivity index (χ0) is 12.8. The summed E-state index contributed by atoms with van der Waals surface area (Å²) in [6, 6.07) is 13.7. The van der Waals surface area contributed by atoms with Crippen molar-refractivity contribution in [1.29, 1.82) is 0 Å². The van der Waals surface area contributed by atoms with Gasteiger partial charge in [-0.2, -0.15) is 0 Å². The summed E-state index contributed by atoms with van der Waals surface area (Å²) in [4.78, 5) is 12.1. The number of hydrogen-bond donors (Lipinski definition) is 1. The summed E-state index contributed by atoms with van der Waals surface area (Å²) in [5, 5.41) is 4.95. The minimum absolute atomic E-state index is 0.0373. The smallest absolute Gasteiger partial charge is 0.251 e. The van der Waals surface area contributed by atoms with E-state index in [1.165, 1.54) is 0 Å². The summed E-state index contributed by atoms with van der Waals surface area (Å²) in [6.45, 7) is 2.38. The molecule has 90 valence electrons. The highest BCUT2D eigenvalue weighted by Gasteiger charge is 2.08. The number of hydrogen-bond acceptors (Lipinski definition) is 1. The average Bonchev–Trinajstić information content (AvgIpc) is 2.43. The molecule has 2 nitrogen and oxygen atoms in total. The third-order valence-corrected chi connectivity index (χ3v) is 2.75. The first-order chi connectivity index (χ1) is 8.83. The molecule has 0 fully saturated rings. The highest BCUT2D eigenvalue weighted by Crippen LogP contribution is 2.18. The highest BCUT2D eigenvalue weighted by molar-refractivity contribution is 6.06. The summed E-state index contributed by atoms with van der Waals surface area (Å²) in [5.41, 5.74) is 0.720. The van der Waals surface area contributed by atoms with Gasteiger partial charge in [0, 0.05) is 18.5 Å². The van der Waals surface area contributed by atoms with Crippen molar-refractivity contribution < 1.29 is 4.79 Å². The second kappa shape index (κ2) is 5.88. The van der Waals surface area contributed by atoms with Crippen LogP contribution in [0.15, 0.2) is 42.5 Å². The third-order valence-electron chi connectivity index (χ3n) is 2.75. The Hall–Kier alpha value is -2.27. The number of amides is 1. The number of benzene rings is 2. The Morgan fingerprint density at radius 1 is 1.17 bits per heavy atom. The van der Waals surface area contributed by atoms with Crippen LogP contribution in [0.1, 0.15) is 23.7 Å². The van der Waals surface area contributed by atoms with Crippen molar-refractivity contribution in [1.82, 2.24) is 5.32 Å². The average molecular weight is 237 g/mol. The van der Waals surface area contributed by atoms with Gasteiger partial charge in [0.15, 0.2) is 0 Å². The zero-order valence-corrected chi connectivity index (χ0v) is 10.4. The van der Waals surface area contributed by atoms with Crippen LogP contribution in [0.4, 0.5) is 0 Å². The van der Waals surface area contributed by atoms with Crippen LogP contribution in [-0.2, 0) is 0 Å². The number of fused-ring (bicyclic) bond motifs is 1. The monoisotopic (exact) mass is 237 g/mol. The van der Waals surface area contributed by atoms with E-state index in [9.17, 15) is 4.79 Å². The maximum Gasteiger partial charge on any atom is 0.251 e. The molecule has 1 amide bonds. The molecule has 0 atom stereocenters. The van der Waals surface area contributed by atoms with Gasteiger partial charge in [-0.15, -0.1) is 11.8 Å². The normalized spacial score (nSPS) is 9.61. The lowest BCUT2D eigenvalue weighted by atomic mass is 10.0. The molecule has 1 N–H and O–H groups in total. The van der Waals surface area contributed by atoms with Crippen LogP contribution in [0.5, 0.6) is 0 Å². The molecule has 0 saturated carbocycles. The number of nitrogens with one attached hydrogen (secondary N) is 1. The van der Waals surface area contributed by atoms with E-state index in [4.69, 9.17) is 0 Å². The summed E-state index contributed by atoms with van der Waals surface area (Å²) in [6.07, 6.45) is 0.688. The molecule has 0 bridgehead atoms. The molecule has 2 aromatic carbocycles. The molecule has 2 heteroatoms. The molecule has 0 saturated heterocycles. The van der Waals surface area contributed by atoms with Gasteiger partial charge in [-0.3, -0.25) is 4.79 Å². The van der Waals surface area contributed by atoms with Gasteiger partial charge in [0.2, 0.25) is 0 Å². The molecule has 0 aliphatic carbocycles. The van der Waals surface area contributed by atoms with Gasteiger partial charge in [0.25, 0.3) is 5.91 Å². The molecular formula is C16H15NO. The zero-order valence-electron chi connectivity index (χ0n) is 10.4. The van der Waals surface area contributed by atoms with Crippen molar-refractivity contribution in [2.75, 3.05) is 6.54 Å². The van der Waals surface area contributed by atoms with E-state index in [0.29, 0.717) is 13.0 Å². The molecule has 0 aliphatic rings. The predicted molar refractivity (Wildman–Crippen MR) is 74.3 cm³/mol. The Bertz CT molecular complexity index is 614. The maximum atomic E-state index is 12.1. The largest absolute Gasteiger partial charge is 0.351 e. The lowest BCUT2D eigenvalue weighted by Gasteiger charge is -2.06. The molecule has 0 unspecified atom stereocenters. The molecule has 0 spiro atoms. The fourth-order valence-corrected chi connectivity index (χ4v) is 1.88. The van der Waals surface area contributed by atoms with Crippen LogP contribution in [0.2, 0.25) is 0 Å². The number of rotatable bonds is 3. The van der Waals surface area contributed by atoms with Gasteiger partial charge in [-0.05, 0) is 23.8 Å². The van der Waals surface area contributed by atoms with Crippen molar-refractivity contribution in [3.8, 4) is 11.8 Å². The predicted octanol–water partition coefficient (Wildman–Crippen LogP) is 2.98. The number of carbonyl (C=O) groups is 1. The van der Waals surface area contributed by atoms with Gasteiger partial charge in [-0.1, -0.05) is 36.4 Å². The van der Waals surface area contributed by atoms with Crippen molar-refractivity contribution >= 4 is 16.7 Å². The molecule has 18 heavy (non-hydrogen) atoms. The number of carbonyl (C=O) groups excluding carboxylic acids is 1.